The van der Waals surface area contributed by atoms with Crippen molar-refractivity contribution >= 4 is 28.4 Å². The molecule has 0 atom stereocenters. The van der Waals surface area contributed by atoms with E-state index in [2.05, 4.69) is 60.5 Å². The lowest BCUT2D eigenvalue weighted by Crippen LogP contribution is -2.25. The first kappa shape index (κ1) is 16.8. The molecule has 1 aliphatic rings. The number of rotatable bonds is 3. The number of hydrogen-bond acceptors (Lipinski definition) is 4. The lowest BCUT2D eigenvalue weighted by atomic mass is 10.1. The zero-order chi connectivity index (χ0) is 17.9. The highest BCUT2D eigenvalue weighted by molar-refractivity contribution is 5.90. The van der Waals surface area contributed by atoms with Crippen LogP contribution in [0.4, 0.5) is 17.5 Å². The molecule has 0 saturated carbocycles. The van der Waals surface area contributed by atoms with Gasteiger partial charge in [0.25, 0.3) is 0 Å². The molecule has 1 N–H and O–H groups in total. The van der Waals surface area contributed by atoms with E-state index < -0.39 is 0 Å². The molecule has 0 radical (unpaired) electrons. The Labute approximate surface area is 155 Å². The van der Waals surface area contributed by atoms with E-state index in [9.17, 15) is 0 Å². The van der Waals surface area contributed by atoms with Gasteiger partial charge in [0, 0.05) is 24.2 Å². The van der Waals surface area contributed by atoms with E-state index in [-0.39, 0.29) is 0 Å². The largest absolute Gasteiger partial charge is 0.356 e. The fourth-order valence-corrected chi connectivity index (χ4v) is 3.63. The quantitative estimate of drug-likeness (QED) is 0.692. The fourth-order valence-electron chi connectivity index (χ4n) is 3.63. The van der Waals surface area contributed by atoms with Crippen molar-refractivity contribution in [3.63, 3.8) is 0 Å². The van der Waals surface area contributed by atoms with Gasteiger partial charge in [0.05, 0.1) is 5.52 Å². The second-order valence-electron chi connectivity index (χ2n) is 7.23. The second kappa shape index (κ2) is 7.32. The lowest BCUT2D eigenvalue weighted by molar-refractivity contribution is 0.726. The molecule has 0 aliphatic carbocycles. The summed E-state index contributed by atoms with van der Waals surface area (Å²) in [6.07, 6.45) is 5.09. The van der Waals surface area contributed by atoms with Gasteiger partial charge in [-0.1, -0.05) is 37.1 Å². The summed E-state index contributed by atoms with van der Waals surface area (Å²) in [5.74, 6) is 1.74. The fraction of sp³-hybridized carbons (Fsp3) is 0.364. The molecule has 0 bridgehead atoms. The molecule has 1 aromatic heterocycles. The van der Waals surface area contributed by atoms with Gasteiger partial charge in [-0.05, 0) is 56.0 Å². The van der Waals surface area contributed by atoms with Crippen LogP contribution in [0.3, 0.4) is 0 Å². The van der Waals surface area contributed by atoms with Crippen molar-refractivity contribution in [1.29, 1.82) is 0 Å². The predicted octanol–water partition coefficient (Wildman–Crippen LogP) is 5.37. The van der Waals surface area contributed by atoms with Gasteiger partial charge in [0.15, 0.2) is 0 Å². The molecular formula is C22H26N4. The van der Waals surface area contributed by atoms with Crippen LogP contribution in [-0.4, -0.2) is 23.1 Å². The molecule has 134 valence electrons. The van der Waals surface area contributed by atoms with Crippen LogP contribution in [0.15, 0.2) is 42.5 Å². The zero-order valence-electron chi connectivity index (χ0n) is 15.6. The number of fused-ring (bicyclic) bond motifs is 1. The summed E-state index contributed by atoms with van der Waals surface area (Å²) in [5, 5.41) is 4.59. The molecule has 0 unspecified atom stereocenters. The van der Waals surface area contributed by atoms with Crippen LogP contribution >= 0.6 is 0 Å². The standard InChI is InChI=1S/C22H26N4/c1-16-11-12-17(2)20(15-16)24-22-23-19-10-6-5-9-18(19)21(25-22)26-13-7-3-4-8-14-26/h5-6,9-12,15H,3-4,7-8,13-14H2,1-2H3,(H,23,24,25). The van der Waals surface area contributed by atoms with Crippen molar-refractivity contribution in [2.45, 2.75) is 39.5 Å². The maximum absolute atomic E-state index is 4.94. The molecule has 0 spiro atoms. The molecule has 2 aromatic carbocycles. The van der Waals surface area contributed by atoms with E-state index in [1.165, 1.54) is 36.8 Å². The van der Waals surface area contributed by atoms with Crippen molar-refractivity contribution in [2.24, 2.45) is 0 Å². The number of aryl methyl sites for hydroxylation is 2. The van der Waals surface area contributed by atoms with Crippen molar-refractivity contribution in [3.05, 3.63) is 53.6 Å². The van der Waals surface area contributed by atoms with E-state index in [1.54, 1.807) is 0 Å². The van der Waals surface area contributed by atoms with Crippen LogP contribution in [0, 0.1) is 13.8 Å². The van der Waals surface area contributed by atoms with Gasteiger partial charge in [-0.2, -0.15) is 4.98 Å². The summed E-state index contributed by atoms with van der Waals surface area (Å²) in [5.41, 5.74) is 4.49. The average Bonchev–Trinajstić information content (AvgIpc) is 2.93. The summed E-state index contributed by atoms with van der Waals surface area (Å²) in [4.78, 5) is 12.1. The van der Waals surface area contributed by atoms with Gasteiger partial charge < -0.3 is 10.2 Å². The predicted molar refractivity (Wildman–Crippen MR) is 109 cm³/mol. The monoisotopic (exact) mass is 346 g/mol. The first-order valence-electron chi connectivity index (χ1n) is 9.57. The summed E-state index contributed by atoms with van der Waals surface area (Å²) in [6.45, 7) is 6.36. The number of hydrogen-bond donors (Lipinski definition) is 1. The maximum Gasteiger partial charge on any atom is 0.229 e. The Morgan fingerprint density at radius 1 is 0.885 bits per heavy atom. The first-order chi connectivity index (χ1) is 12.7. The Kier molecular flexibility index (Phi) is 4.74. The molecule has 2 heterocycles. The van der Waals surface area contributed by atoms with Gasteiger partial charge in [-0.15, -0.1) is 0 Å². The minimum absolute atomic E-state index is 0.677. The van der Waals surface area contributed by atoms with Crippen molar-refractivity contribution in [2.75, 3.05) is 23.3 Å². The summed E-state index contributed by atoms with van der Waals surface area (Å²) in [7, 11) is 0. The second-order valence-corrected chi connectivity index (χ2v) is 7.23. The third-order valence-corrected chi connectivity index (χ3v) is 5.13. The Bertz CT molecular complexity index is 911. The molecule has 26 heavy (non-hydrogen) atoms. The van der Waals surface area contributed by atoms with Crippen LogP contribution in [0.25, 0.3) is 10.9 Å². The Hall–Kier alpha value is -2.62. The van der Waals surface area contributed by atoms with E-state index in [0.717, 1.165) is 35.5 Å². The summed E-state index contributed by atoms with van der Waals surface area (Å²) in [6, 6.07) is 14.7. The highest BCUT2D eigenvalue weighted by Crippen LogP contribution is 2.29. The van der Waals surface area contributed by atoms with Gasteiger partial charge in [-0.25, -0.2) is 4.98 Å². The Morgan fingerprint density at radius 2 is 1.65 bits per heavy atom. The highest BCUT2D eigenvalue weighted by Gasteiger charge is 2.16. The number of anilines is 3. The third kappa shape index (κ3) is 3.50. The number of aromatic nitrogens is 2. The highest BCUT2D eigenvalue weighted by atomic mass is 15.2. The topological polar surface area (TPSA) is 41.1 Å². The number of nitrogens with zero attached hydrogens (tertiary/aromatic N) is 3. The maximum atomic E-state index is 4.94. The van der Waals surface area contributed by atoms with Crippen LogP contribution in [-0.2, 0) is 0 Å². The normalized spacial score (nSPS) is 15.1. The molecule has 4 nitrogen and oxygen atoms in total. The van der Waals surface area contributed by atoms with Gasteiger partial charge in [0.1, 0.15) is 5.82 Å². The van der Waals surface area contributed by atoms with Crippen LogP contribution in [0.5, 0.6) is 0 Å². The first-order valence-corrected chi connectivity index (χ1v) is 9.57. The van der Waals surface area contributed by atoms with E-state index >= 15 is 0 Å². The number of para-hydroxylation sites is 1. The van der Waals surface area contributed by atoms with Crippen LogP contribution < -0.4 is 10.2 Å². The average molecular weight is 346 g/mol. The number of nitrogens with one attached hydrogen (secondary N) is 1. The number of benzene rings is 2. The minimum Gasteiger partial charge on any atom is -0.356 e. The third-order valence-electron chi connectivity index (χ3n) is 5.13. The zero-order valence-corrected chi connectivity index (χ0v) is 15.6. The smallest absolute Gasteiger partial charge is 0.229 e. The van der Waals surface area contributed by atoms with E-state index in [1.807, 2.05) is 6.07 Å². The molecule has 3 aromatic rings. The molecule has 1 fully saturated rings. The Balaban J connectivity index is 1.77. The molecule has 4 heteroatoms. The van der Waals surface area contributed by atoms with E-state index in [4.69, 9.17) is 9.97 Å². The lowest BCUT2D eigenvalue weighted by Gasteiger charge is -2.23. The van der Waals surface area contributed by atoms with Crippen molar-refractivity contribution < 1.29 is 0 Å². The SMILES string of the molecule is Cc1ccc(C)c(Nc2nc(N3CCCCCC3)c3ccccc3n2)c1. The van der Waals surface area contributed by atoms with Crippen molar-refractivity contribution in [3.8, 4) is 0 Å². The van der Waals surface area contributed by atoms with Gasteiger partial charge >= 0.3 is 0 Å². The van der Waals surface area contributed by atoms with Gasteiger partial charge in [0.2, 0.25) is 5.95 Å². The Morgan fingerprint density at radius 3 is 2.46 bits per heavy atom. The van der Waals surface area contributed by atoms with Crippen molar-refractivity contribution in [1.82, 2.24) is 9.97 Å². The molecular weight excluding hydrogens is 320 g/mol. The molecule has 4 rings (SSSR count). The summed E-state index contributed by atoms with van der Waals surface area (Å²) >= 11 is 0. The van der Waals surface area contributed by atoms with Gasteiger partial charge in [-0.3, -0.25) is 0 Å². The minimum atomic E-state index is 0.677. The van der Waals surface area contributed by atoms with Crippen LogP contribution in [0.1, 0.15) is 36.8 Å². The summed E-state index contributed by atoms with van der Waals surface area (Å²) < 4.78 is 0. The molecule has 1 aliphatic heterocycles. The van der Waals surface area contributed by atoms with Crippen LogP contribution in [0.2, 0.25) is 0 Å². The molecule has 0 amide bonds. The van der Waals surface area contributed by atoms with E-state index in [0.29, 0.717) is 5.95 Å². The molecule has 1 saturated heterocycles.